The van der Waals surface area contributed by atoms with Crippen molar-refractivity contribution in [2.75, 3.05) is 0 Å². The van der Waals surface area contributed by atoms with Gasteiger partial charge in [-0.05, 0) is 37.3 Å². The van der Waals surface area contributed by atoms with Crippen molar-refractivity contribution in [2.24, 2.45) is 0 Å². The number of ether oxygens (including phenoxy) is 1. The molecule has 2 aromatic carbocycles. The van der Waals surface area contributed by atoms with E-state index < -0.39 is 12.1 Å². The van der Waals surface area contributed by atoms with Gasteiger partial charge < -0.3 is 9.30 Å². The summed E-state index contributed by atoms with van der Waals surface area (Å²) >= 11 is 0. The zero-order valence-corrected chi connectivity index (χ0v) is 13.3. The molecule has 4 heteroatoms. The van der Waals surface area contributed by atoms with Crippen LogP contribution in [0.2, 0.25) is 0 Å². The lowest BCUT2D eigenvalue weighted by Gasteiger charge is -2.13. The van der Waals surface area contributed by atoms with Crippen LogP contribution in [0.25, 0.3) is 5.69 Å². The second-order valence-electron chi connectivity index (χ2n) is 5.42. The molecule has 0 aliphatic heterocycles. The number of nitrogens with zero attached hydrogens (tertiary/aromatic N) is 1. The van der Waals surface area contributed by atoms with Crippen LogP contribution >= 0.6 is 0 Å². The highest BCUT2D eigenvalue weighted by Gasteiger charge is 2.20. The monoisotopic (exact) mass is 319 g/mol. The predicted molar refractivity (Wildman–Crippen MR) is 91.4 cm³/mol. The molecule has 3 rings (SSSR count). The van der Waals surface area contributed by atoms with E-state index in [9.17, 15) is 9.59 Å². The molecule has 0 amide bonds. The van der Waals surface area contributed by atoms with Crippen molar-refractivity contribution in [1.29, 1.82) is 0 Å². The van der Waals surface area contributed by atoms with Crippen LogP contribution in [0.3, 0.4) is 0 Å². The highest BCUT2D eigenvalue weighted by molar-refractivity contribution is 6.01. The third-order valence-corrected chi connectivity index (χ3v) is 3.70. The van der Waals surface area contributed by atoms with Crippen molar-refractivity contribution in [3.63, 3.8) is 0 Å². The number of carbonyl (C=O) groups is 2. The number of benzene rings is 2. The van der Waals surface area contributed by atoms with E-state index in [0.717, 1.165) is 5.69 Å². The van der Waals surface area contributed by atoms with Crippen molar-refractivity contribution in [2.45, 2.75) is 13.0 Å². The van der Waals surface area contributed by atoms with Crippen LogP contribution in [0.15, 0.2) is 79.1 Å². The maximum atomic E-state index is 12.3. The molecule has 0 fully saturated rings. The Morgan fingerprint density at radius 3 is 2.25 bits per heavy atom. The average Bonchev–Trinajstić information content (AvgIpc) is 3.16. The third kappa shape index (κ3) is 3.43. The maximum Gasteiger partial charge on any atom is 0.338 e. The number of rotatable bonds is 5. The van der Waals surface area contributed by atoms with Gasteiger partial charge in [0.2, 0.25) is 5.78 Å². The number of hydrogen-bond donors (Lipinski definition) is 0. The fraction of sp³-hybridized carbons (Fsp3) is 0.100. The molecule has 0 aliphatic carbocycles. The smallest absolute Gasteiger partial charge is 0.338 e. The Bertz CT molecular complexity index is 838. The van der Waals surface area contributed by atoms with Crippen molar-refractivity contribution in [1.82, 2.24) is 4.57 Å². The van der Waals surface area contributed by atoms with E-state index in [0.29, 0.717) is 11.1 Å². The normalized spacial score (nSPS) is 11.7. The van der Waals surface area contributed by atoms with Gasteiger partial charge in [0.1, 0.15) is 0 Å². The topological polar surface area (TPSA) is 48.3 Å². The summed E-state index contributed by atoms with van der Waals surface area (Å²) in [6, 6.07) is 19.7. The molecular formula is C20H17NO3. The number of aromatic nitrogens is 1. The second kappa shape index (κ2) is 6.96. The Morgan fingerprint density at radius 1 is 0.875 bits per heavy atom. The van der Waals surface area contributed by atoms with E-state index in [1.807, 2.05) is 41.2 Å². The largest absolute Gasteiger partial charge is 0.451 e. The molecule has 4 nitrogen and oxygen atoms in total. The van der Waals surface area contributed by atoms with Gasteiger partial charge in [0.05, 0.1) is 5.56 Å². The van der Waals surface area contributed by atoms with Crippen LogP contribution in [-0.4, -0.2) is 22.4 Å². The van der Waals surface area contributed by atoms with Gasteiger partial charge in [0.25, 0.3) is 0 Å². The summed E-state index contributed by atoms with van der Waals surface area (Å²) in [4.78, 5) is 24.6. The Morgan fingerprint density at radius 2 is 1.54 bits per heavy atom. The summed E-state index contributed by atoms with van der Waals surface area (Å²) in [6.45, 7) is 1.59. The Kier molecular flexibility index (Phi) is 4.57. The minimum absolute atomic E-state index is 0.217. The minimum atomic E-state index is -0.838. The lowest BCUT2D eigenvalue weighted by molar-refractivity contribution is 0.0319. The van der Waals surface area contributed by atoms with Gasteiger partial charge in [-0.25, -0.2) is 4.79 Å². The molecule has 0 radical (unpaired) electrons. The standard InChI is InChI=1S/C20H17NO3/c1-15(19(22)16-8-3-2-4-9-16)24-20(23)17-10-7-11-18(14-17)21-12-5-6-13-21/h2-15H,1H3. The van der Waals surface area contributed by atoms with Crippen molar-refractivity contribution in [3.8, 4) is 5.69 Å². The van der Waals surface area contributed by atoms with Crippen molar-refractivity contribution >= 4 is 11.8 Å². The highest BCUT2D eigenvalue weighted by Crippen LogP contribution is 2.14. The van der Waals surface area contributed by atoms with Crippen LogP contribution in [0, 0.1) is 0 Å². The fourth-order valence-electron chi connectivity index (χ4n) is 2.42. The zero-order valence-electron chi connectivity index (χ0n) is 13.3. The molecule has 120 valence electrons. The fourth-order valence-corrected chi connectivity index (χ4v) is 2.42. The van der Waals surface area contributed by atoms with Gasteiger partial charge in [-0.3, -0.25) is 4.79 Å². The van der Waals surface area contributed by atoms with Gasteiger partial charge in [0, 0.05) is 23.6 Å². The molecule has 0 aliphatic rings. The van der Waals surface area contributed by atoms with Crippen molar-refractivity contribution < 1.29 is 14.3 Å². The molecule has 0 saturated carbocycles. The number of Topliss-reactive ketones (excluding diaryl/α,β-unsaturated/α-hetero) is 1. The molecule has 1 heterocycles. The molecular weight excluding hydrogens is 302 g/mol. The minimum Gasteiger partial charge on any atom is -0.451 e. The van der Waals surface area contributed by atoms with Gasteiger partial charge in [0.15, 0.2) is 6.10 Å². The summed E-state index contributed by atoms with van der Waals surface area (Å²) in [5.74, 6) is -0.730. The summed E-state index contributed by atoms with van der Waals surface area (Å²) in [5, 5.41) is 0. The number of hydrogen-bond acceptors (Lipinski definition) is 3. The summed E-state index contributed by atoms with van der Waals surface area (Å²) in [6.07, 6.45) is 2.95. The van der Waals surface area contributed by atoms with Gasteiger partial charge in [-0.15, -0.1) is 0 Å². The average molecular weight is 319 g/mol. The van der Waals surface area contributed by atoms with Crippen LogP contribution in [-0.2, 0) is 4.74 Å². The highest BCUT2D eigenvalue weighted by atomic mass is 16.5. The van der Waals surface area contributed by atoms with Crippen molar-refractivity contribution in [3.05, 3.63) is 90.3 Å². The van der Waals surface area contributed by atoms with Gasteiger partial charge >= 0.3 is 5.97 Å². The SMILES string of the molecule is CC(OC(=O)c1cccc(-n2cccc2)c1)C(=O)c1ccccc1. The molecule has 0 bridgehead atoms. The lowest BCUT2D eigenvalue weighted by atomic mass is 10.1. The molecule has 1 unspecified atom stereocenters. The van der Waals surface area contributed by atoms with Crippen LogP contribution in [0.1, 0.15) is 27.6 Å². The Hall–Kier alpha value is -3.14. The van der Waals surface area contributed by atoms with E-state index in [4.69, 9.17) is 4.74 Å². The summed E-state index contributed by atoms with van der Waals surface area (Å²) < 4.78 is 7.23. The zero-order chi connectivity index (χ0) is 16.9. The molecule has 1 atom stereocenters. The summed E-state index contributed by atoms with van der Waals surface area (Å²) in [7, 11) is 0. The molecule has 3 aromatic rings. The lowest BCUT2D eigenvalue weighted by Crippen LogP contribution is -2.24. The third-order valence-electron chi connectivity index (χ3n) is 3.70. The Labute approximate surface area is 140 Å². The van der Waals surface area contributed by atoms with E-state index in [1.165, 1.54) is 0 Å². The molecule has 0 N–H and O–H groups in total. The Balaban J connectivity index is 1.73. The van der Waals surface area contributed by atoms with Crippen LogP contribution in [0.5, 0.6) is 0 Å². The van der Waals surface area contributed by atoms with E-state index in [1.54, 1.807) is 49.4 Å². The first-order valence-corrected chi connectivity index (χ1v) is 7.69. The second-order valence-corrected chi connectivity index (χ2v) is 5.42. The number of esters is 1. The molecule has 1 aromatic heterocycles. The maximum absolute atomic E-state index is 12.3. The van der Waals surface area contributed by atoms with E-state index in [-0.39, 0.29) is 5.78 Å². The summed E-state index contributed by atoms with van der Waals surface area (Å²) in [5.41, 5.74) is 1.80. The van der Waals surface area contributed by atoms with E-state index >= 15 is 0 Å². The predicted octanol–water partition coefficient (Wildman–Crippen LogP) is 3.91. The quantitative estimate of drug-likeness (QED) is 0.529. The number of carbonyl (C=O) groups excluding carboxylic acids is 2. The van der Waals surface area contributed by atoms with Gasteiger partial charge in [-0.2, -0.15) is 0 Å². The molecule has 24 heavy (non-hydrogen) atoms. The molecule has 0 spiro atoms. The first kappa shape index (κ1) is 15.7. The number of ketones is 1. The first-order valence-electron chi connectivity index (χ1n) is 7.69. The van der Waals surface area contributed by atoms with E-state index in [2.05, 4.69) is 0 Å². The first-order chi connectivity index (χ1) is 11.6. The van der Waals surface area contributed by atoms with Crippen LogP contribution < -0.4 is 0 Å². The van der Waals surface area contributed by atoms with Crippen LogP contribution in [0.4, 0.5) is 0 Å². The van der Waals surface area contributed by atoms with Gasteiger partial charge in [-0.1, -0.05) is 36.4 Å². The molecule has 0 saturated heterocycles.